The molecule has 1 aliphatic heterocycles. The SMILES string of the molecule is O=C(NCCOc1ccc(Cl)cc1)C1CCCN(C(=O)Cc2ccccc2)C1. The molecule has 1 atom stereocenters. The van der Waals surface area contributed by atoms with Crippen LogP contribution in [0.5, 0.6) is 5.75 Å². The molecule has 1 saturated heterocycles. The first-order valence-corrected chi connectivity index (χ1v) is 9.97. The van der Waals surface area contributed by atoms with Gasteiger partial charge in [-0.2, -0.15) is 0 Å². The number of carbonyl (C=O) groups excluding carboxylic acids is 2. The van der Waals surface area contributed by atoms with Gasteiger partial charge in [0.15, 0.2) is 0 Å². The van der Waals surface area contributed by atoms with Gasteiger partial charge in [0, 0.05) is 18.1 Å². The quantitative estimate of drug-likeness (QED) is 0.725. The van der Waals surface area contributed by atoms with Gasteiger partial charge in [0.25, 0.3) is 0 Å². The molecule has 2 aromatic carbocycles. The molecule has 0 saturated carbocycles. The van der Waals surface area contributed by atoms with Crippen LogP contribution in [0.2, 0.25) is 5.02 Å². The highest BCUT2D eigenvalue weighted by molar-refractivity contribution is 6.30. The van der Waals surface area contributed by atoms with Crippen molar-refractivity contribution in [1.82, 2.24) is 10.2 Å². The van der Waals surface area contributed by atoms with Crippen LogP contribution in [0.3, 0.4) is 0 Å². The minimum absolute atomic E-state index is 0.0167. The molecule has 6 heteroatoms. The van der Waals surface area contributed by atoms with Gasteiger partial charge >= 0.3 is 0 Å². The fraction of sp³-hybridized carbons (Fsp3) is 0.364. The van der Waals surface area contributed by atoms with Gasteiger partial charge in [0.1, 0.15) is 12.4 Å². The van der Waals surface area contributed by atoms with E-state index in [1.165, 1.54) is 0 Å². The largest absolute Gasteiger partial charge is 0.492 e. The Labute approximate surface area is 170 Å². The van der Waals surface area contributed by atoms with Gasteiger partial charge in [0.2, 0.25) is 11.8 Å². The maximum atomic E-state index is 12.5. The molecule has 0 radical (unpaired) electrons. The van der Waals surface area contributed by atoms with Crippen molar-refractivity contribution in [2.75, 3.05) is 26.2 Å². The molecule has 3 rings (SSSR count). The highest BCUT2D eigenvalue weighted by Crippen LogP contribution is 2.18. The van der Waals surface area contributed by atoms with Crippen molar-refractivity contribution in [2.24, 2.45) is 5.92 Å². The molecule has 1 unspecified atom stereocenters. The van der Waals surface area contributed by atoms with Crippen LogP contribution >= 0.6 is 11.6 Å². The zero-order valence-electron chi connectivity index (χ0n) is 15.8. The van der Waals surface area contributed by atoms with Crippen molar-refractivity contribution in [3.8, 4) is 5.75 Å². The molecule has 0 aliphatic carbocycles. The second-order valence-electron chi connectivity index (χ2n) is 6.93. The maximum Gasteiger partial charge on any atom is 0.227 e. The summed E-state index contributed by atoms with van der Waals surface area (Å²) in [5.41, 5.74) is 0.999. The molecule has 5 nitrogen and oxygen atoms in total. The number of piperidine rings is 1. The molecule has 0 bridgehead atoms. The predicted molar refractivity (Wildman–Crippen MR) is 109 cm³/mol. The van der Waals surface area contributed by atoms with Gasteiger partial charge in [-0.15, -0.1) is 0 Å². The molecule has 148 valence electrons. The van der Waals surface area contributed by atoms with Crippen molar-refractivity contribution in [3.05, 3.63) is 65.2 Å². The number of rotatable bonds is 7. The molecular weight excluding hydrogens is 376 g/mol. The summed E-state index contributed by atoms with van der Waals surface area (Å²) in [7, 11) is 0. The fourth-order valence-corrected chi connectivity index (χ4v) is 3.44. The van der Waals surface area contributed by atoms with E-state index in [-0.39, 0.29) is 17.7 Å². The summed E-state index contributed by atoms with van der Waals surface area (Å²) in [5.74, 6) is 0.615. The van der Waals surface area contributed by atoms with Crippen molar-refractivity contribution in [3.63, 3.8) is 0 Å². The number of hydrogen-bond donors (Lipinski definition) is 1. The Morgan fingerprint density at radius 1 is 1.11 bits per heavy atom. The Hall–Kier alpha value is -2.53. The van der Waals surface area contributed by atoms with Crippen LogP contribution in [0.25, 0.3) is 0 Å². The highest BCUT2D eigenvalue weighted by atomic mass is 35.5. The lowest BCUT2D eigenvalue weighted by atomic mass is 9.96. The van der Waals surface area contributed by atoms with E-state index >= 15 is 0 Å². The number of halogens is 1. The summed E-state index contributed by atoms with van der Waals surface area (Å²) in [4.78, 5) is 26.8. The minimum Gasteiger partial charge on any atom is -0.492 e. The summed E-state index contributed by atoms with van der Waals surface area (Å²) in [5, 5.41) is 3.57. The lowest BCUT2D eigenvalue weighted by Gasteiger charge is -2.32. The molecule has 1 heterocycles. The van der Waals surface area contributed by atoms with Crippen molar-refractivity contribution < 1.29 is 14.3 Å². The minimum atomic E-state index is -0.163. The van der Waals surface area contributed by atoms with E-state index in [0.29, 0.717) is 36.9 Å². The Bertz CT molecular complexity index is 780. The van der Waals surface area contributed by atoms with Crippen LogP contribution in [0.15, 0.2) is 54.6 Å². The maximum absolute atomic E-state index is 12.5. The number of nitrogens with zero attached hydrogens (tertiary/aromatic N) is 1. The number of likely N-dealkylation sites (tertiary alicyclic amines) is 1. The molecule has 1 N–H and O–H groups in total. The lowest BCUT2D eigenvalue weighted by molar-refractivity contribution is -0.135. The molecule has 1 fully saturated rings. The standard InChI is InChI=1S/C22H25ClN2O3/c23-19-8-10-20(11-9-19)28-14-12-24-22(27)18-7-4-13-25(16-18)21(26)15-17-5-2-1-3-6-17/h1-3,5-6,8-11,18H,4,7,12-16H2,(H,24,27). The number of amides is 2. The molecule has 0 aromatic heterocycles. The molecule has 0 spiro atoms. The zero-order valence-corrected chi connectivity index (χ0v) is 16.5. The predicted octanol–water partition coefficient (Wildman–Crippen LogP) is 3.32. The van der Waals surface area contributed by atoms with Crippen LogP contribution in [-0.2, 0) is 16.0 Å². The van der Waals surface area contributed by atoms with Crippen LogP contribution in [0, 0.1) is 5.92 Å². The zero-order chi connectivity index (χ0) is 19.8. The van der Waals surface area contributed by atoms with E-state index in [1.54, 1.807) is 24.3 Å². The number of carbonyl (C=O) groups is 2. The molecular formula is C22H25ClN2O3. The Balaban J connectivity index is 1.41. The first kappa shape index (κ1) is 20.2. The smallest absolute Gasteiger partial charge is 0.227 e. The van der Waals surface area contributed by atoms with Crippen molar-refractivity contribution in [2.45, 2.75) is 19.3 Å². The van der Waals surface area contributed by atoms with E-state index in [2.05, 4.69) is 5.32 Å². The fourth-order valence-electron chi connectivity index (χ4n) is 3.32. The summed E-state index contributed by atoms with van der Waals surface area (Å²) >= 11 is 5.84. The van der Waals surface area contributed by atoms with Crippen molar-refractivity contribution in [1.29, 1.82) is 0 Å². The van der Waals surface area contributed by atoms with E-state index in [4.69, 9.17) is 16.3 Å². The molecule has 1 aliphatic rings. The highest BCUT2D eigenvalue weighted by Gasteiger charge is 2.28. The molecule has 2 aromatic rings. The van der Waals surface area contributed by atoms with Crippen LogP contribution in [-0.4, -0.2) is 43.0 Å². The number of nitrogens with one attached hydrogen (secondary N) is 1. The van der Waals surface area contributed by atoms with Crippen LogP contribution in [0.1, 0.15) is 18.4 Å². The molecule has 28 heavy (non-hydrogen) atoms. The van der Waals surface area contributed by atoms with Crippen LogP contribution < -0.4 is 10.1 Å². The summed E-state index contributed by atoms with van der Waals surface area (Å²) in [6, 6.07) is 16.8. The number of hydrogen-bond acceptors (Lipinski definition) is 3. The second-order valence-corrected chi connectivity index (χ2v) is 7.37. The Morgan fingerprint density at radius 2 is 1.86 bits per heavy atom. The number of ether oxygens (including phenoxy) is 1. The first-order chi connectivity index (χ1) is 13.6. The van der Waals surface area contributed by atoms with E-state index in [9.17, 15) is 9.59 Å². The van der Waals surface area contributed by atoms with Gasteiger partial charge in [-0.05, 0) is 42.7 Å². The average molecular weight is 401 g/mol. The van der Waals surface area contributed by atoms with Gasteiger partial charge in [-0.3, -0.25) is 9.59 Å². The van der Waals surface area contributed by atoms with Gasteiger partial charge in [0.05, 0.1) is 18.9 Å². The molecule has 2 amide bonds. The first-order valence-electron chi connectivity index (χ1n) is 9.59. The summed E-state index contributed by atoms with van der Waals surface area (Å²) < 4.78 is 5.59. The van der Waals surface area contributed by atoms with Crippen LogP contribution in [0.4, 0.5) is 0 Å². The topological polar surface area (TPSA) is 58.6 Å². The van der Waals surface area contributed by atoms with E-state index < -0.39 is 0 Å². The summed E-state index contributed by atoms with van der Waals surface area (Å²) in [6.07, 6.45) is 2.03. The summed E-state index contributed by atoms with van der Waals surface area (Å²) in [6.45, 7) is 2.01. The third-order valence-electron chi connectivity index (χ3n) is 4.83. The second kappa shape index (κ2) is 10.1. The van der Waals surface area contributed by atoms with Crippen molar-refractivity contribution >= 4 is 23.4 Å². The van der Waals surface area contributed by atoms with Gasteiger partial charge in [-0.1, -0.05) is 41.9 Å². The average Bonchev–Trinajstić information content (AvgIpc) is 2.73. The number of benzene rings is 2. The van der Waals surface area contributed by atoms with Gasteiger partial charge < -0.3 is 15.0 Å². The van der Waals surface area contributed by atoms with Gasteiger partial charge in [-0.25, -0.2) is 0 Å². The third-order valence-corrected chi connectivity index (χ3v) is 5.08. The lowest BCUT2D eigenvalue weighted by Crippen LogP contribution is -2.46. The normalized spacial score (nSPS) is 16.5. The monoisotopic (exact) mass is 400 g/mol. The Morgan fingerprint density at radius 3 is 2.61 bits per heavy atom. The Kier molecular flexibility index (Phi) is 7.31. The van der Waals surface area contributed by atoms with E-state index in [1.807, 2.05) is 35.2 Å². The van der Waals surface area contributed by atoms with E-state index in [0.717, 1.165) is 24.9 Å². The third kappa shape index (κ3) is 5.99.